The summed E-state index contributed by atoms with van der Waals surface area (Å²) in [5.74, 6) is -0.442. The van der Waals surface area contributed by atoms with E-state index in [9.17, 15) is 4.79 Å². The van der Waals surface area contributed by atoms with E-state index in [1.165, 1.54) is 13.2 Å². The molecule has 0 rings (SSSR count). The molecule has 0 aromatic heterocycles. The van der Waals surface area contributed by atoms with Gasteiger partial charge in [0.15, 0.2) is 0 Å². The Labute approximate surface area is 68.1 Å². The Balaban J connectivity index is 3.51. The van der Waals surface area contributed by atoms with Gasteiger partial charge in [0.2, 0.25) is 5.01 Å². The summed E-state index contributed by atoms with van der Waals surface area (Å²) in [5.41, 5.74) is 0. The summed E-state index contributed by atoms with van der Waals surface area (Å²) in [5, 5.41) is -0.674. The van der Waals surface area contributed by atoms with Gasteiger partial charge in [-0.05, 0) is 15.9 Å². The first kappa shape index (κ1) is 9.65. The van der Waals surface area contributed by atoms with Crippen molar-refractivity contribution in [2.24, 2.45) is 0 Å². The topological polar surface area (TPSA) is 35.5 Å². The number of ether oxygens (including phenoxy) is 2. The molecule has 0 bridgehead atoms. The van der Waals surface area contributed by atoms with Crippen molar-refractivity contribution in [3.8, 4) is 0 Å². The van der Waals surface area contributed by atoms with Gasteiger partial charge in [0.1, 0.15) is 6.61 Å². The summed E-state index contributed by atoms with van der Waals surface area (Å²) in [6.45, 7) is 3.60. The first-order valence-corrected chi connectivity index (χ1v) is 3.58. The van der Waals surface area contributed by atoms with Crippen LogP contribution in [0.1, 0.15) is 0 Å². The third-order valence-corrected chi connectivity index (χ3v) is 1.48. The SMILES string of the molecule is C=CCOC(=O)C(Br)OC. The van der Waals surface area contributed by atoms with Crippen LogP contribution < -0.4 is 0 Å². The summed E-state index contributed by atoms with van der Waals surface area (Å²) in [7, 11) is 1.41. The molecular formula is C6H9BrO3. The highest BCUT2D eigenvalue weighted by molar-refractivity contribution is 9.09. The molecule has 4 heteroatoms. The Hall–Kier alpha value is -0.350. The van der Waals surface area contributed by atoms with Crippen LogP contribution in [0.3, 0.4) is 0 Å². The van der Waals surface area contributed by atoms with Gasteiger partial charge in [-0.25, -0.2) is 4.79 Å². The fraction of sp³-hybridized carbons (Fsp3) is 0.500. The fourth-order valence-electron chi connectivity index (χ4n) is 0.303. The van der Waals surface area contributed by atoms with Gasteiger partial charge < -0.3 is 9.47 Å². The van der Waals surface area contributed by atoms with Crippen molar-refractivity contribution in [1.82, 2.24) is 0 Å². The highest BCUT2D eigenvalue weighted by Gasteiger charge is 2.13. The van der Waals surface area contributed by atoms with Gasteiger partial charge in [-0.2, -0.15) is 0 Å². The average molecular weight is 209 g/mol. The Kier molecular flexibility index (Phi) is 5.25. The van der Waals surface area contributed by atoms with Crippen molar-refractivity contribution >= 4 is 21.9 Å². The number of hydrogen-bond donors (Lipinski definition) is 0. The minimum atomic E-state index is -0.674. The molecule has 0 saturated carbocycles. The minimum absolute atomic E-state index is 0.213. The zero-order chi connectivity index (χ0) is 7.98. The van der Waals surface area contributed by atoms with Crippen molar-refractivity contribution < 1.29 is 14.3 Å². The largest absolute Gasteiger partial charge is 0.459 e. The number of alkyl halides is 1. The highest BCUT2D eigenvalue weighted by Crippen LogP contribution is 2.01. The van der Waals surface area contributed by atoms with Crippen LogP contribution in [-0.4, -0.2) is 24.7 Å². The van der Waals surface area contributed by atoms with Crippen molar-refractivity contribution in [2.75, 3.05) is 13.7 Å². The second kappa shape index (κ2) is 5.44. The summed E-state index contributed by atoms with van der Waals surface area (Å²) in [4.78, 5) is 10.7. The van der Waals surface area contributed by atoms with E-state index < -0.39 is 11.0 Å². The maximum absolute atomic E-state index is 10.7. The van der Waals surface area contributed by atoms with Crippen LogP contribution in [0.2, 0.25) is 0 Å². The van der Waals surface area contributed by atoms with Crippen LogP contribution in [0, 0.1) is 0 Å². The van der Waals surface area contributed by atoms with Crippen LogP contribution in [-0.2, 0) is 14.3 Å². The van der Waals surface area contributed by atoms with E-state index in [1.54, 1.807) is 0 Å². The third kappa shape index (κ3) is 3.63. The van der Waals surface area contributed by atoms with Crippen molar-refractivity contribution in [3.05, 3.63) is 12.7 Å². The highest BCUT2D eigenvalue weighted by atomic mass is 79.9. The molecule has 0 amide bonds. The van der Waals surface area contributed by atoms with E-state index in [1.807, 2.05) is 0 Å². The number of esters is 1. The van der Waals surface area contributed by atoms with Crippen LogP contribution in [0.5, 0.6) is 0 Å². The predicted octanol–water partition coefficient (Wildman–Crippen LogP) is 1.08. The van der Waals surface area contributed by atoms with Crippen LogP contribution >= 0.6 is 15.9 Å². The molecule has 0 saturated heterocycles. The Morgan fingerprint density at radius 1 is 1.90 bits per heavy atom. The molecule has 0 N–H and O–H groups in total. The van der Waals surface area contributed by atoms with Gasteiger partial charge in [-0.1, -0.05) is 12.7 Å². The van der Waals surface area contributed by atoms with E-state index in [-0.39, 0.29) is 6.61 Å². The van der Waals surface area contributed by atoms with E-state index in [2.05, 4.69) is 32.0 Å². The molecule has 1 unspecified atom stereocenters. The Bertz CT molecular complexity index is 124. The minimum Gasteiger partial charge on any atom is -0.459 e. The Morgan fingerprint density at radius 3 is 2.90 bits per heavy atom. The van der Waals surface area contributed by atoms with Crippen molar-refractivity contribution in [3.63, 3.8) is 0 Å². The van der Waals surface area contributed by atoms with E-state index in [0.29, 0.717) is 0 Å². The van der Waals surface area contributed by atoms with Crippen molar-refractivity contribution in [1.29, 1.82) is 0 Å². The number of rotatable bonds is 4. The zero-order valence-corrected chi connectivity index (χ0v) is 7.26. The molecule has 3 nitrogen and oxygen atoms in total. The lowest BCUT2D eigenvalue weighted by Gasteiger charge is -2.05. The molecule has 0 aliphatic rings. The predicted molar refractivity (Wildman–Crippen MR) is 40.9 cm³/mol. The van der Waals surface area contributed by atoms with Crippen LogP contribution in [0.4, 0.5) is 0 Å². The average Bonchev–Trinajstić information content (AvgIpc) is 1.98. The lowest BCUT2D eigenvalue weighted by molar-refractivity contribution is -0.148. The van der Waals surface area contributed by atoms with E-state index >= 15 is 0 Å². The molecule has 0 radical (unpaired) electrons. The smallest absolute Gasteiger partial charge is 0.346 e. The molecule has 0 aromatic carbocycles. The number of carbonyl (C=O) groups excluding carboxylic acids is 1. The van der Waals surface area contributed by atoms with Crippen LogP contribution in [0.25, 0.3) is 0 Å². The van der Waals surface area contributed by atoms with Gasteiger partial charge >= 0.3 is 5.97 Å². The van der Waals surface area contributed by atoms with Gasteiger partial charge in [-0.3, -0.25) is 0 Å². The first-order chi connectivity index (χ1) is 4.72. The van der Waals surface area contributed by atoms with Gasteiger partial charge in [-0.15, -0.1) is 0 Å². The monoisotopic (exact) mass is 208 g/mol. The molecule has 58 valence electrons. The lowest BCUT2D eigenvalue weighted by Crippen LogP contribution is -2.18. The lowest BCUT2D eigenvalue weighted by atomic mass is 10.6. The molecule has 0 aromatic rings. The van der Waals surface area contributed by atoms with Crippen molar-refractivity contribution in [2.45, 2.75) is 5.01 Å². The summed E-state index contributed by atoms with van der Waals surface area (Å²) in [6.07, 6.45) is 1.49. The zero-order valence-electron chi connectivity index (χ0n) is 5.67. The van der Waals surface area contributed by atoms with E-state index in [0.717, 1.165) is 0 Å². The summed E-state index contributed by atoms with van der Waals surface area (Å²) >= 11 is 2.94. The first-order valence-electron chi connectivity index (χ1n) is 2.66. The fourth-order valence-corrected chi connectivity index (χ4v) is 0.435. The molecule has 10 heavy (non-hydrogen) atoms. The van der Waals surface area contributed by atoms with Crippen LogP contribution in [0.15, 0.2) is 12.7 Å². The van der Waals surface area contributed by atoms with Gasteiger partial charge in [0.25, 0.3) is 0 Å². The maximum atomic E-state index is 10.7. The standard InChI is InChI=1S/C6H9BrO3/c1-3-4-10-6(8)5(7)9-2/h3,5H,1,4H2,2H3. The number of hydrogen-bond acceptors (Lipinski definition) is 3. The van der Waals surface area contributed by atoms with Gasteiger partial charge in [0.05, 0.1) is 0 Å². The number of carbonyl (C=O) groups is 1. The Morgan fingerprint density at radius 2 is 2.50 bits per heavy atom. The normalized spacial score (nSPS) is 12.2. The molecule has 0 fully saturated rings. The van der Waals surface area contributed by atoms with Gasteiger partial charge in [0, 0.05) is 7.11 Å². The number of halogens is 1. The quantitative estimate of drug-likeness (QED) is 0.395. The second-order valence-corrected chi connectivity index (χ2v) is 2.30. The number of methoxy groups -OCH3 is 1. The second-order valence-electron chi connectivity index (χ2n) is 1.47. The summed E-state index contributed by atoms with van der Waals surface area (Å²) in [6, 6.07) is 0. The molecule has 0 spiro atoms. The summed E-state index contributed by atoms with van der Waals surface area (Å²) < 4.78 is 9.23. The molecular weight excluding hydrogens is 200 g/mol. The molecule has 0 aliphatic carbocycles. The molecule has 0 heterocycles. The third-order valence-electron chi connectivity index (χ3n) is 0.736. The van der Waals surface area contributed by atoms with E-state index in [4.69, 9.17) is 0 Å². The maximum Gasteiger partial charge on any atom is 0.346 e. The molecule has 0 aliphatic heterocycles. The molecule has 1 atom stereocenters.